The molecule has 0 aromatic carbocycles. The van der Waals surface area contributed by atoms with Crippen molar-refractivity contribution in [2.24, 2.45) is 0 Å². The molecule has 232 valence electrons. The molecule has 0 fully saturated rings. The van der Waals surface area contributed by atoms with Crippen LogP contribution in [-0.2, 0) is 25.5 Å². The summed E-state index contributed by atoms with van der Waals surface area (Å²) in [5, 5.41) is 16.2. The van der Waals surface area contributed by atoms with Gasteiger partial charge in [0.25, 0.3) is 5.56 Å². The number of thiophene rings is 3. The zero-order valence-corrected chi connectivity index (χ0v) is 27.8. The van der Waals surface area contributed by atoms with Gasteiger partial charge in [-0.15, -0.1) is 34.0 Å². The van der Waals surface area contributed by atoms with Crippen molar-refractivity contribution in [2.75, 3.05) is 24.3 Å². The zero-order chi connectivity index (χ0) is 31.3. The van der Waals surface area contributed by atoms with Crippen LogP contribution in [-0.4, -0.2) is 46.9 Å². The van der Waals surface area contributed by atoms with Crippen LogP contribution in [0.25, 0.3) is 20.3 Å². The standard InChI is InChI=1S/C31H34N4O5S4/c1-3-39-27(36)16-12-22(30(38)40-4-2)33-26-15-11-20(43-26)9-6-5-7-17-42-31-34-28(21(19-32)29(37)35-31)25-14-13-24(44-25)23-10-8-18-41-23/h8,10-11,13-15,18,22,33H,3-7,9,12,16-17H2,1-2H3,(H,34,35,37)/t22-/m0/s1. The normalized spacial score (nSPS) is 11.6. The van der Waals surface area contributed by atoms with E-state index >= 15 is 0 Å². The van der Waals surface area contributed by atoms with Crippen molar-refractivity contribution in [1.29, 1.82) is 5.26 Å². The van der Waals surface area contributed by atoms with E-state index in [-0.39, 0.29) is 30.5 Å². The van der Waals surface area contributed by atoms with Gasteiger partial charge < -0.3 is 19.8 Å². The smallest absolute Gasteiger partial charge is 0.328 e. The minimum atomic E-state index is -0.617. The minimum Gasteiger partial charge on any atom is -0.466 e. The molecule has 0 saturated heterocycles. The third-order valence-corrected chi connectivity index (χ3v) is 10.6. The van der Waals surface area contributed by atoms with Crippen molar-refractivity contribution in [3.8, 4) is 26.4 Å². The van der Waals surface area contributed by atoms with E-state index < -0.39 is 11.6 Å². The predicted molar refractivity (Wildman–Crippen MR) is 179 cm³/mol. The fraction of sp³-hybridized carbons (Fsp3) is 0.387. The fourth-order valence-corrected chi connectivity index (χ4v) is 8.02. The third-order valence-electron chi connectivity index (χ3n) is 6.41. The highest BCUT2D eigenvalue weighted by molar-refractivity contribution is 7.99. The molecule has 4 heterocycles. The maximum Gasteiger partial charge on any atom is 0.328 e. The van der Waals surface area contributed by atoms with Crippen LogP contribution in [0.4, 0.5) is 5.00 Å². The quantitative estimate of drug-likeness (QED) is 0.0512. The molecule has 0 aliphatic rings. The molecule has 44 heavy (non-hydrogen) atoms. The number of nitrogens with zero attached hydrogens (tertiary/aromatic N) is 2. The average Bonchev–Trinajstić information content (AvgIpc) is 3.79. The molecule has 0 radical (unpaired) electrons. The number of aromatic nitrogens is 2. The molecule has 0 spiro atoms. The van der Waals surface area contributed by atoms with Gasteiger partial charge in [-0.25, -0.2) is 9.78 Å². The number of aryl methyl sites for hydroxylation is 1. The molecular weight excluding hydrogens is 637 g/mol. The first kappa shape index (κ1) is 33.5. The van der Waals surface area contributed by atoms with Crippen molar-refractivity contribution < 1.29 is 19.1 Å². The van der Waals surface area contributed by atoms with E-state index in [2.05, 4.69) is 21.4 Å². The average molecular weight is 671 g/mol. The highest BCUT2D eigenvalue weighted by Crippen LogP contribution is 2.36. The topological polar surface area (TPSA) is 134 Å². The second-order valence-corrected chi connectivity index (χ2v) is 13.8. The summed E-state index contributed by atoms with van der Waals surface area (Å²) in [6, 6.07) is 13.4. The number of unbranched alkanes of at least 4 members (excludes halogenated alkanes) is 2. The van der Waals surface area contributed by atoms with Gasteiger partial charge in [-0.1, -0.05) is 24.2 Å². The van der Waals surface area contributed by atoms with Crippen LogP contribution < -0.4 is 10.9 Å². The first-order valence-corrected chi connectivity index (χ1v) is 17.9. The van der Waals surface area contributed by atoms with E-state index in [1.165, 1.54) is 28.0 Å². The van der Waals surface area contributed by atoms with Crippen molar-refractivity contribution >= 4 is 62.7 Å². The largest absolute Gasteiger partial charge is 0.466 e. The Balaban J connectivity index is 1.25. The molecule has 1 atom stereocenters. The molecule has 4 rings (SSSR count). The van der Waals surface area contributed by atoms with Crippen LogP contribution in [0, 0.1) is 11.3 Å². The van der Waals surface area contributed by atoms with Crippen molar-refractivity contribution in [1.82, 2.24) is 9.97 Å². The number of carbonyl (C=O) groups excluding carboxylic acids is 2. The Labute approximate surface area is 272 Å². The maximum absolute atomic E-state index is 12.6. The lowest BCUT2D eigenvalue weighted by atomic mass is 10.1. The Bertz CT molecular complexity index is 1620. The second kappa shape index (κ2) is 17.2. The van der Waals surface area contributed by atoms with Crippen molar-refractivity contribution in [2.45, 2.75) is 63.6 Å². The summed E-state index contributed by atoms with van der Waals surface area (Å²) < 4.78 is 10.2. The van der Waals surface area contributed by atoms with E-state index in [0.29, 0.717) is 23.9 Å². The van der Waals surface area contributed by atoms with Crippen LogP contribution >= 0.6 is 45.8 Å². The molecule has 4 aromatic rings. The summed E-state index contributed by atoms with van der Waals surface area (Å²) in [5.41, 5.74) is 0.0466. The molecule has 0 unspecified atom stereocenters. The molecule has 2 N–H and O–H groups in total. The van der Waals surface area contributed by atoms with E-state index in [1.807, 2.05) is 41.8 Å². The molecule has 0 bridgehead atoms. The number of H-pyrrole nitrogens is 1. The highest BCUT2D eigenvalue weighted by Gasteiger charge is 2.22. The number of nitriles is 1. The third kappa shape index (κ3) is 9.53. The van der Waals surface area contributed by atoms with Gasteiger partial charge in [0.2, 0.25) is 0 Å². The number of nitrogens with one attached hydrogen (secondary N) is 2. The maximum atomic E-state index is 12.6. The van der Waals surface area contributed by atoms with E-state index in [1.54, 1.807) is 36.5 Å². The van der Waals surface area contributed by atoms with Gasteiger partial charge in [-0.2, -0.15) is 5.26 Å². The van der Waals surface area contributed by atoms with Crippen molar-refractivity contribution in [3.63, 3.8) is 0 Å². The van der Waals surface area contributed by atoms with Crippen LogP contribution in [0.2, 0.25) is 0 Å². The summed E-state index contributed by atoms with van der Waals surface area (Å²) in [6.07, 6.45) is 4.28. The number of carbonyl (C=O) groups is 2. The summed E-state index contributed by atoms with van der Waals surface area (Å²) in [4.78, 5) is 48.5. The van der Waals surface area contributed by atoms with Gasteiger partial charge in [0.15, 0.2) is 5.16 Å². The Morgan fingerprint density at radius 1 is 1.05 bits per heavy atom. The molecule has 13 heteroatoms. The number of hydrogen-bond donors (Lipinski definition) is 2. The lowest BCUT2D eigenvalue weighted by Gasteiger charge is -2.16. The van der Waals surface area contributed by atoms with Gasteiger partial charge in [0.05, 0.1) is 23.1 Å². The second-order valence-electron chi connectivity index (χ2n) is 9.57. The first-order chi connectivity index (χ1) is 21.4. The number of rotatable bonds is 17. The number of ether oxygens (including phenoxy) is 2. The van der Waals surface area contributed by atoms with Crippen LogP contribution in [0.1, 0.15) is 56.4 Å². The monoisotopic (exact) mass is 670 g/mol. The number of esters is 2. The molecule has 0 aliphatic carbocycles. The van der Waals surface area contributed by atoms with Gasteiger partial charge >= 0.3 is 11.9 Å². The summed E-state index contributed by atoms with van der Waals surface area (Å²) in [6.45, 7) is 4.09. The fourth-order valence-electron chi connectivity index (χ4n) is 4.31. The SMILES string of the molecule is CCOC(=O)CC[C@H](Nc1ccc(CCCCCSc2nc(-c3ccc(-c4cccs4)s3)c(C#N)c(=O)[nH]2)s1)C(=O)OCC. The van der Waals surface area contributed by atoms with Crippen molar-refractivity contribution in [3.05, 3.63) is 62.6 Å². The lowest BCUT2D eigenvalue weighted by molar-refractivity contribution is -0.145. The minimum absolute atomic E-state index is 0.0336. The van der Waals surface area contributed by atoms with Crippen LogP contribution in [0.3, 0.4) is 0 Å². The predicted octanol–water partition coefficient (Wildman–Crippen LogP) is 7.35. The highest BCUT2D eigenvalue weighted by atomic mass is 32.2. The summed E-state index contributed by atoms with van der Waals surface area (Å²) >= 11 is 6.25. The molecule has 0 aliphatic heterocycles. The zero-order valence-electron chi connectivity index (χ0n) is 24.6. The van der Waals surface area contributed by atoms with E-state index in [9.17, 15) is 19.6 Å². The number of thioether (sulfide) groups is 1. The first-order valence-electron chi connectivity index (χ1n) is 14.4. The van der Waals surface area contributed by atoms with Crippen LogP contribution in [0.15, 0.2) is 51.7 Å². The Hall–Kier alpha value is -3.44. The molecule has 0 amide bonds. The molecule has 4 aromatic heterocycles. The van der Waals surface area contributed by atoms with E-state index in [0.717, 1.165) is 51.1 Å². The van der Waals surface area contributed by atoms with Gasteiger partial charge in [0, 0.05) is 26.8 Å². The van der Waals surface area contributed by atoms with Gasteiger partial charge in [-0.3, -0.25) is 9.59 Å². The Morgan fingerprint density at radius 3 is 2.61 bits per heavy atom. The molecular formula is C31H34N4O5S4. The number of aromatic amines is 1. The Kier molecular flexibility index (Phi) is 13.0. The van der Waals surface area contributed by atoms with Gasteiger partial charge in [0.1, 0.15) is 23.4 Å². The Morgan fingerprint density at radius 2 is 1.86 bits per heavy atom. The lowest BCUT2D eigenvalue weighted by Crippen LogP contribution is -2.32. The summed E-state index contributed by atoms with van der Waals surface area (Å²) in [5.74, 6) is 0.0762. The van der Waals surface area contributed by atoms with Crippen LogP contribution in [0.5, 0.6) is 0 Å². The van der Waals surface area contributed by atoms with E-state index in [4.69, 9.17) is 9.47 Å². The molecule has 0 saturated carbocycles. The van der Waals surface area contributed by atoms with Gasteiger partial charge in [-0.05, 0) is 75.2 Å². The number of anilines is 1. The molecule has 9 nitrogen and oxygen atoms in total. The summed E-state index contributed by atoms with van der Waals surface area (Å²) in [7, 11) is 0. The number of hydrogen-bond acceptors (Lipinski definition) is 12.